The Bertz CT molecular complexity index is 398. The highest BCUT2D eigenvalue weighted by Gasteiger charge is 2.40. The molecule has 0 bridgehead atoms. The van der Waals surface area contributed by atoms with Gasteiger partial charge in [-0.2, -0.15) is 4.37 Å². The van der Waals surface area contributed by atoms with Crippen molar-refractivity contribution in [2.24, 2.45) is 0 Å². The van der Waals surface area contributed by atoms with Gasteiger partial charge in [0.15, 0.2) is 0 Å². The van der Waals surface area contributed by atoms with Crippen LogP contribution in [-0.2, 0) is 4.79 Å². The molecule has 2 rings (SSSR count). The van der Waals surface area contributed by atoms with Gasteiger partial charge in [-0.15, -0.1) is 0 Å². The van der Waals surface area contributed by atoms with E-state index in [1.807, 2.05) is 6.92 Å². The Hall–Kier alpha value is -1.01. The predicted molar refractivity (Wildman–Crippen MR) is 68.2 cm³/mol. The fourth-order valence-corrected chi connectivity index (χ4v) is 2.89. The lowest BCUT2D eigenvalue weighted by atomic mass is 9.91. The van der Waals surface area contributed by atoms with E-state index in [0.717, 1.165) is 32.2 Å². The molecular formula is C11H18N4OS. The minimum atomic E-state index is -0.395. The normalized spacial score (nSPS) is 23.9. The molecule has 0 saturated carbocycles. The van der Waals surface area contributed by atoms with Crippen LogP contribution < -0.4 is 10.6 Å². The van der Waals surface area contributed by atoms with Gasteiger partial charge in [0, 0.05) is 11.5 Å². The molecule has 1 fully saturated rings. The number of aryl methyl sites for hydroxylation is 1. The summed E-state index contributed by atoms with van der Waals surface area (Å²) in [6, 6.07) is 0. The first-order valence-electron chi connectivity index (χ1n) is 6.03. The van der Waals surface area contributed by atoms with E-state index in [-0.39, 0.29) is 5.91 Å². The molecule has 0 aromatic carbocycles. The molecule has 1 aliphatic rings. The molecule has 0 spiro atoms. The van der Waals surface area contributed by atoms with Crippen molar-refractivity contribution in [3.63, 3.8) is 0 Å². The van der Waals surface area contributed by atoms with Crippen molar-refractivity contribution in [2.45, 2.75) is 45.1 Å². The molecule has 0 radical (unpaired) electrons. The molecule has 1 unspecified atom stereocenters. The molecule has 5 nitrogen and oxygen atoms in total. The van der Waals surface area contributed by atoms with Crippen LogP contribution in [0.4, 0.5) is 5.13 Å². The molecule has 1 aromatic heterocycles. The quantitative estimate of drug-likeness (QED) is 0.858. The summed E-state index contributed by atoms with van der Waals surface area (Å²) in [5, 5.41) is 6.81. The summed E-state index contributed by atoms with van der Waals surface area (Å²) in [5.74, 6) is 0.738. The third-order valence-corrected chi connectivity index (χ3v) is 3.82. The van der Waals surface area contributed by atoms with E-state index < -0.39 is 5.54 Å². The van der Waals surface area contributed by atoms with E-state index in [1.54, 1.807) is 0 Å². The maximum atomic E-state index is 12.3. The van der Waals surface area contributed by atoms with Gasteiger partial charge < -0.3 is 5.32 Å². The first kappa shape index (κ1) is 12.4. The van der Waals surface area contributed by atoms with E-state index in [2.05, 4.69) is 26.9 Å². The van der Waals surface area contributed by atoms with Crippen LogP contribution >= 0.6 is 11.5 Å². The Morgan fingerprint density at radius 2 is 2.47 bits per heavy atom. The summed E-state index contributed by atoms with van der Waals surface area (Å²) in [7, 11) is 0. The third kappa shape index (κ3) is 2.63. The Kier molecular flexibility index (Phi) is 3.73. The van der Waals surface area contributed by atoms with Gasteiger partial charge in [-0.1, -0.05) is 13.3 Å². The fraction of sp³-hybridized carbons (Fsp3) is 0.727. The number of rotatable bonds is 4. The zero-order valence-corrected chi connectivity index (χ0v) is 11.1. The number of hydrogen-bond acceptors (Lipinski definition) is 5. The average Bonchev–Trinajstić information content (AvgIpc) is 2.89. The topological polar surface area (TPSA) is 66.9 Å². The molecular weight excluding hydrogens is 236 g/mol. The highest BCUT2D eigenvalue weighted by atomic mass is 32.1. The predicted octanol–water partition coefficient (Wildman–Crippen LogP) is 1.71. The number of amides is 1. The summed E-state index contributed by atoms with van der Waals surface area (Å²) in [6.45, 7) is 4.84. The van der Waals surface area contributed by atoms with Crippen molar-refractivity contribution < 1.29 is 4.79 Å². The van der Waals surface area contributed by atoms with Gasteiger partial charge in [-0.25, -0.2) is 4.98 Å². The highest BCUT2D eigenvalue weighted by molar-refractivity contribution is 7.09. The minimum absolute atomic E-state index is 0.0352. The molecule has 1 atom stereocenters. The summed E-state index contributed by atoms with van der Waals surface area (Å²) in [4.78, 5) is 16.5. The Labute approximate surface area is 105 Å². The standard InChI is InChI=1S/C11H18N4OS/c1-3-5-11(6-4-7-12-11)9(16)14-10-13-8(2)15-17-10/h12H,3-7H2,1-2H3,(H,13,14,15,16). The van der Waals surface area contributed by atoms with Crippen LogP contribution in [0.25, 0.3) is 0 Å². The van der Waals surface area contributed by atoms with Crippen LogP contribution in [0.2, 0.25) is 0 Å². The number of anilines is 1. The molecule has 94 valence electrons. The Balaban J connectivity index is 2.06. The number of nitrogens with zero attached hydrogens (tertiary/aromatic N) is 2. The van der Waals surface area contributed by atoms with Crippen LogP contribution in [0.5, 0.6) is 0 Å². The van der Waals surface area contributed by atoms with E-state index in [4.69, 9.17) is 0 Å². The van der Waals surface area contributed by atoms with Gasteiger partial charge in [0.05, 0.1) is 5.54 Å². The molecule has 1 aromatic rings. The van der Waals surface area contributed by atoms with Crippen molar-refractivity contribution in [3.05, 3.63) is 5.82 Å². The summed E-state index contributed by atoms with van der Waals surface area (Å²) in [6.07, 6.45) is 3.83. The second-order valence-corrected chi connectivity index (χ2v) is 5.22. The summed E-state index contributed by atoms with van der Waals surface area (Å²) in [5.41, 5.74) is -0.395. The number of carbonyl (C=O) groups is 1. The highest BCUT2D eigenvalue weighted by Crippen LogP contribution is 2.26. The van der Waals surface area contributed by atoms with Gasteiger partial charge in [0.2, 0.25) is 11.0 Å². The molecule has 6 heteroatoms. The maximum absolute atomic E-state index is 12.3. The van der Waals surface area contributed by atoms with E-state index >= 15 is 0 Å². The maximum Gasteiger partial charge on any atom is 0.246 e. The SMILES string of the molecule is CCCC1(C(=O)Nc2nc(C)ns2)CCCN1. The monoisotopic (exact) mass is 254 g/mol. The van der Waals surface area contributed by atoms with Gasteiger partial charge in [-0.05, 0) is 32.7 Å². The molecule has 17 heavy (non-hydrogen) atoms. The van der Waals surface area contributed by atoms with Crippen molar-refractivity contribution in [3.8, 4) is 0 Å². The fourth-order valence-electron chi connectivity index (χ4n) is 2.32. The second kappa shape index (κ2) is 5.10. The molecule has 2 N–H and O–H groups in total. The van der Waals surface area contributed by atoms with Crippen LogP contribution in [0.15, 0.2) is 0 Å². The smallest absolute Gasteiger partial charge is 0.246 e. The van der Waals surface area contributed by atoms with Crippen LogP contribution in [0.1, 0.15) is 38.4 Å². The molecule has 0 aliphatic carbocycles. The number of nitrogens with one attached hydrogen (secondary N) is 2. The minimum Gasteiger partial charge on any atom is -0.303 e. The molecule has 1 aliphatic heterocycles. The van der Waals surface area contributed by atoms with E-state index in [1.165, 1.54) is 11.5 Å². The van der Waals surface area contributed by atoms with Crippen molar-refractivity contribution in [1.29, 1.82) is 0 Å². The zero-order valence-electron chi connectivity index (χ0n) is 10.2. The number of aromatic nitrogens is 2. The van der Waals surface area contributed by atoms with Crippen LogP contribution in [-0.4, -0.2) is 27.3 Å². The Morgan fingerprint density at radius 3 is 3.00 bits per heavy atom. The summed E-state index contributed by atoms with van der Waals surface area (Å²) < 4.78 is 4.06. The van der Waals surface area contributed by atoms with Gasteiger partial charge in [-0.3, -0.25) is 10.1 Å². The van der Waals surface area contributed by atoms with Crippen LogP contribution in [0.3, 0.4) is 0 Å². The van der Waals surface area contributed by atoms with Gasteiger partial charge in [0.1, 0.15) is 5.82 Å². The van der Waals surface area contributed by atoms with Gasteiger partial charge in [0.25, 0.3) is 0 Å². The largest absolute Gasteiger partial charge is 0.303 e. The van der Waals surface area contributed by atoms with Crippen LogP contribution in [0, 0.1) is 6.92 Å². The second-order valence-electron chi connectivity index (χ2n) is 4.46. The van der Waals surface area contributed by atoms with Crippen molar-refractivity contribution in [1.82, 2.24) is 14.7 Å². The first-order valence-corrected chi connectivity index (χ1v) is 6.80. The lowest BCUT2D eigenvalue weighted by Gasteiger charge is -2.27. The lowest BCUT2D eigenvalue weighted by molar-refractivity contribution is -0.122. The van der Waals surface area contributed by atoms with E-state index in [0.29, 0.717) is 11.0 Å². The molecule has 1 amide bonds. The average molecular weight is 254 g/mol. The first-order chi connectivity index (χ1) is 8.16. The van der Waals surface area contributed by atoms with Crippen molar-refractivity contribution >= 4 is 22.6 Å². The molecule has 2 heterocycles. The number of carbonyl (C=O) groups excluding carboxylic acids is 1. The zero-order chi connectivity index (χ0) is 12.3. The molecule has 1 saturated heterocycles. The third-order valence-electron chi connectivity index (χ3n) is 3.10. The van der Waals surface area contributed by atoms with Gasteiger partial charge >= 0.3 is 0 Å². The van der Waals surface area contributed by atoms with E-state index in [9.17, 15) is 4.79 Å². The number of hydrogen-bond donors (Lipinski definition) is 2. The Morgan fingerprint density at radius 1 is 1.65 bits per heavy atom. The summed E-state index contributed by atoms with van der Waals surface area (Å²) >= 11 is 1.23. The van der Waals surface area contributed by atoms with Crippen molar-refractivity contribution in [2.75, 3.05) is 11.9 Å². The lowest BCUT2D eigenvalue weighted by Crippen LogP contribution is -2.50.